The maximum Gasteiger partial charge on any atom is -0.00882 e. The minimum absolute atomic E-state index is 1.09. The molecule has 0 amide bonds. The predicted molar refractivity (Wildman–Crippen MR) is 74.1 cm³/mol. The quantitative estimate of drug-likeness (QED) is 0.662. The lowest BCUT2D eigenvalue weighted by Crippen LogP contribution is -1.86. The summed E-state index contributed by atoms with van der Waals surface area (Å²) in [4.78, 5) is 0. The monoisotopic (exact) mass is 220 g/mol. The van der Waals surface area contributed by atoms with Crippen molar-refractivity contribution in [3.05, 3.63) is 64.7 Å². The summed E-state index contributed by atoms with van der Waals surface area (Å²) in [6, 6.07) is 13.5. The van der Waals surface area contributed by atoms with Crippen LogP contribution in [0.3, 0.4) is 0 Å². The van der Waals surface area contributed by atoms with Gasteiger partial charge in [-0.1, -0.05) is 53.6 Å². The van der Waals surface area contributed by atoms with Gasteiger partial charge in [-0.2, -0.15) is 0 Å². The van der Waals surface area contributed by atoms with Crippen LogP contribution in [0.4, 0.5) is 0 Å². The highest BCUT2D eigenvalue weighted by atomic mass is 14.1. The molecule has 17 heavy (non-hydrogen) atoms. The maximum atomic E-state index is 2.30. The summed E-state index contributed by atoms with van der Waals surface area (Å²) in [6.07, 6.45) is 5.54. The van der Waals surface area contributed by atoms with E-state index in [0.29, 0.717) is 0 Å². The zero-order chi connectivity index (χ0) is 11.8. The fraction of sp³-hybridized carbons (Fsp3) is 0.176. The van der Waals surface area contributed by atoms with E-state index >= 15 is 0 Å². The first-order chi connectivity index (χ1) is 8.22. The molecule has 2 aromatic carbocycles. The van der Waals surface area contributed by atoms with E-state index in [4.69, 9.17) is 0 Å². The third-order valence-corrected chi connectivity index (χ3v) is 3.34. The largest absolute Gasteiger partial charge is 0.0795 e. The fourth-order valence-corrected chi connectivity index (χ4v) is 2.57. The van der Waals surface area contributed by atoms with E-state index in [1.165, 1.54) is 33.4 Å². The lowest BCUT2D eigenvalue weighted by atomic mass is 9.98. The second kappa shape index (κ2) is 3.89. The second-order valence-electron chi connectivity index (χ2n) is 4.90. The molecule has 0 aromatic heterocycles. The summed E-state index contributed by atoms with van der Waals surface area (Å²) in [5.74, 6) is 0. The van der Waals surface area contributed by atoms with Gasteiger partial charge in [-0.25, -0.2) is 0 Å². The molecule has 0 heterocycles. The molecule has 0 spiro atoms. The van der Waals surface area contributed by atoms with Gasteiger partial charge in [0.15, 0.2) is 0 Å². The summed E-state index contributed by atoms with van der Waals surface area (Å²) >= 11 is 0. The summed E-state index contributed by atoms with van der Waals surface area (Å²) < 4.78 is 0. The molecule has 0 saturated carbocycles. The number of hydrogen-bond donors (Lipinski definition) is 0. The van der Waals surface area contributed by atoms with Crippen LogP contribution >= 0.6 is 0 Å². The first-order valence-electron chi connectivity index (χ1n) is 6.10. The molecule has 0 heteroatoms. The molecule has 3 rings (SSSR count). The van der Waals surface area contributed by atoms with Crippen molar-refractivity contribution in [2.75, 3.05) is 0 Å². The van der Waals surface area contributed by atoms with Crippen molar-refractivity contribution in [2.45, 2.75) is 20.3 Å². The molecular formula is C17H16. The minimum atomic E-state index is 1.09. The van der Waals surface area contributed by atoms with Crippen LogP contribution in [0.1, 0.15) is 22.3 Å². The van der Waals surface area contributed by atoms with E-state index in [1.807, 2.05) is 0 Å². The van der Waals surface area contributed by atoms with Gasteiger partial charge in [0.05, 0.1) is 0 Å². The number of fused-ring (bicyclic) bond motifs is 1. The van der Waals surface area contributed by atoms with E-state index in [9.17, 15) is 0 Å². The Kier molecular flexibility index (Phi) is 2.36. The third kappa shape index (κ3) is 1.91. The van der Waals surface area contributed by atoms with Gasteiger partial charge in [-0.3, -0.25) is 0 Å². The van der Waals surface area contributed by atoms with Crippen LogP contribution in [0, 0.1) is 13.8 Å². The van der Waals surface area contributed by atoms with Crippen molar-refractivity contribution < 1.29 is 0 Å². The Morgan fingerprint density at radius 3 is 2.35 bits per heavy atom. The van der Waals surface area contributed by atoms with Gasteiger partial charge >= 0.3 is 0 Å². The Morgan fingerprint density at radius 1 is 0.824 bits per heavy atom. The zero-order valence-electron chi connectivity index (χ0n) is 10.3. The van der Waals surface area contributed by atoms with Crippen LogP contribution in [-0.2, 0) is 6.42 Å². The molecule has 0 fully saturated rings. The number of rotatable bonds is 1. The van der Waals surface area contributed by atoms with Gasteiger partial charge in [0.2, 0.25) is 0 Å². The van der Waals surface area contributed by atoms with Crippen molar-refractivity contribution in [1.82, 2.24) is 0 Å². The molecule has 0 nitrogen and oxygen atoms in total. The fourth-order valence-electron chi connectivity index (χ4n) is 2.57. The number of benzene rings is 2. The van der Waals surface area contributed by atoms with E-state index in [0.717, 1.165) is 6.42 Å². The summed E-state index contributed by atoms with van der Waals surface area (Å²) in [6.45, 7) is 4.31. The Bertz CT molecular complexity index is 583. The maximum absolute atomic E-state index is 2.30. The Hall–Kier alpha value is -1.82. The van der Waals surface area contributed by atoms with Crippen LogP contribution < -0.4 is 0 Å². The highest BCUT2D eigenvalue weighted by Gasteiger charge is 2.07. The SMILES string of the molecule is Cc1cc(C)cc(-c2ccc3c(c2)C=CC3)c1. The first-order valence-corrected chi connectivity index (χ1v) is 6.10. The zero-order valence-corrected chi connectivity index (χ0v) is 10.3. The molecule has 1 aliphatic carbocycles. The van der Waals surface area contributed by atoms with Crippen molar-refractivity contribution in [3.8, 4) is 11.1 Å². The molecule has 1 aliphatic rings. The van der Waals surface area contributed by atoms with Crippen molar-refractivity contribution in [3.63, 3.8) is 0 Å². The summed E-state index contributed by atoms with van der Waals surface area (Å²) in [5.41, 5.74) is 8.12. The van der Waals surface area contributed by atoms with E-state index < -0.39 is 0 Å². The van der Waals surface area contributed by atoms with Crippen LogP contribution in [0.25, 0.3) is 17.2 Å². The number of allylic oxidation sites excluding steroid dienone is 1. The lowest BCUT2D eigenvalue weighted by molar-refractivity contribution is 1.31. The van der Waals surface area contributed by atoms with E-state index in [1.54, 1.807) is 0 Å². The topological polar surface area (TPSA) is 0 Å². The smallest absolute Gasteiger partial charge is 0.00882 e. The number of aryl methyl sites for hydroxylation is 2. The molecule has 0 radical (unpaired) electrons. The van der Waals surface area contributed by atoms with Crippen LogP contribution in [-0.4, -0.2) is 0 Å². The molecule has 0 unspecified atom stereocenters. The van der Waals surface area contributed by atoms with Crippen molar-refractivity contribution in [1.29, 1.82) is 0 Å². The second-order valence-corrected chi connectivity index (χ2v) is 4.90. The lowest BCUT2D eigenvalue weighted by Gasteiger charge is -2.07. The van der Waals surface area contributed by atoms with Crippen LogP contribution in [0.5, 0.6) is 0 Å². The van der Waals surface area contributed by atoms with Crippen molar-refractivity contribution >= 4 is 6.08 Å². The molecule has 0 atom stereocenters. The van der Waals surface area contributed by atoms with Gasteiger partial charge in [0.25, 0.3) is 0 Å². The average Bonchev–Trinajstić information content (AvgIpc) is 2.74. The van der Waals surface area contributed by atoms with E-state index in [2.05, 4.69) is 62.4 Å². The standard InChI is InChI=1S/C17H16/c1-12-8-13(2)10-17(9-12)16-7-6-14-4-3-5-15(14)11-16/h3,5-11H,4H2,1-2H3. The predicted octanol–water partition coefficient (Wildman–Crippen LogP) is 4.54. The average molecular weight is 220 g/mol. The molecule has 2 aromatic rings. The van der Waals surface area contributed by atoms with Crippen LogP contribution in [0.2, 0.25) is 0 Å². The Morgan fingerprint density at radius 2 is 1.59 bits per heavy atom. The molecule has 84 valence electrons. The normalized spacial score (nSPS) is 12.8. The van der Waals surface area contributed by atoms with Gasteiger partial charge in [0, 0.05) is 0 Å². The van der Waals surface area contributed by atoms with Crippen LogP contribution in [0.15, 0.2) is 42.5 Å². The summed E-state index contributed by atoms with van der Waals surface area (Å²) in [7, 11) is 0. The van der Waals surface area contributed by atoms with Gasteiger partial charge in [-0.15, -0.1) is 0 Å². The first kappa shape index (κ1) is 10.3. The Balaban J connectivity index is 2.12. The Labute approximate surface area is 103 Å². The third-order valence-electron chi connectivity index (χ3n) is 3.34. The molecular weight excluding hydrogens is 204 g/mol. The molecule has 0 N–H and O–H groups in total. The number of hydrogen-bond acceptors (Lipinski definition) is 0. The van der Waals surface area contributed by atoms with Gasteiger partial charge in [-0.05, 0) is 48.6 Å². The molecule has 0 aliphatic heterocycles. The van der Waals surface area contributed by atoms with E-state index in [-0.39, 0.29) is 0 Å². The summed E-state index contributed by atoms with van der Waals surface area (Å²) in [5, 5.41) is 0. The molecule has 0 bridgehead atoms. The van der Waals surface area contributed by atoms with Crippen molar-refractivity contribution in [2.24, 2.45) is 0 Å². The molecule has 0 saturated heterocycles. The highest BCUT2D eigenvalue weighted by molar-refractivity contribution is 5.71. The highest BCUT2D eigenvalue weighted by Crippen LogP contribution is 2.28. The minimum Gasteiger partial charge on any atom is -0.0795 e. The van der Waals surface area contributed by atoms with Gasteiger partial charge < -0.3 is 0 Å². The van der Waals surface area contributed by atoms with Gasteiger partial charge in [0.1, 0.15) is 0 Å².